The Morgan fingerprint density at radius 2 is 1.39 bits per heavy atom. The van der Waals surface area contributed by atoms with Gasteiger partial charge in [-0.25, -0.2) is 8.42 Å². The predicted octanol–water partition coefficient (Wildman–Crippen LogP) is 6.23. The van der Waals surface area contributed by atoms with Crippen LogP contribution in [0.4, 0.5) is 5.69 Å². The molecule has 0 aliphatic heterocycles. The second-order valence-electron chi connectivity index (χ2n) is 11.0. The molecule has 0 aromatic heterocycles. The third-order valence-corrected chi connectivity index (χ3v) is 9.89. The van der Waals surface area contributed by atoms with Crippen molar-refractivity contribution in [2.24, 2.45) is 0 Å². The van der Waals surface area contributed by atoms with Gasteiger partial charge in [0, 0.05) is 24.0 Å². The fourth-order valence-corrected chi connectivity index (χ4v) is 7.24. The highest BCUT2D eigenvalue weighted by atomic mass is 35.5. The Labute approximate surface area is 264 Å². The maximum Gasteiger partial charge on any atom is 0.264 e. The summed E-state index contributed by atoms with van der Waals surface area (Å²) in [6.07, 6.45) is 4.14. The summed E-state index contributed by atoms with van der Waals surface area (Å²) in [5.74, 6) is -0.760. The molecule has 0 heterocycles. The largest absolute Gasteiger partial charge is 0.352 e. The van der Waals surface area contributed by atoms with Gasteiger partial charge in [-0.2, -0.15) is 0 Å². The van der Waals surface area contributed by atoms with E-state index in [2.05, 4.69) is 5.32 Å². The van der Waals surface area contributed by atoms with E-state index in [4.69, 9.17) is 11.6 Å². The molecule has 228 valence electrons. The average molecular weight is 630 g/mol. The lowest BCUT2D eigenvalue weighted by atomic mass is 10.0. The van der Waals surface area contributed by atoms with Crippen molar-refractivity contribution >= 4 is 39.1 Å². The molecule has 5 rings (SSSR count). The van der Waals surface area contributed by atoms with Crippen LogP contribution in [0.2, 0.25) is 5.02 Å². The molecule has 1 N–H and O–H groups in total. The van der Waals surface area contributed by atoms with Crippen molar-refractivity contribution in [2.45, 2.75) is 55.6 Å². The Morgan fingerprint density at radius 3 is 2.02 bits per heavy atom. The van der Waals surface area contributed by atoms with Crippen molar-refractivity contribution in [2.75, 3.05) is 10.8 Å². The molecule has 1 fully saturated rings. The molecule has 0 spiro atoms. The molecule has 4 aromatic rings. The molecule has 44 heavy (non-hydrogen) atoms. The van der Waals surface area contributed by atoms with E-state index in [-0.39, 0.29) is 29.8 Å². The summed E-state index contributed by atoms with van der Waals surface area (Å²) < 4.78 is 29.1. The molecular weight excluding hydrogens is 594 g/mol. The topological polar surface area (TPSA) is 86.8 Å². The number of benzene rings is 4. The van der Waals surface area contributed by atoms with Crippen LogP contribution in [0, 0.1) is 0 Å². The van der Waals surface area contributed by atoms with Crippen LogP contribution < -0.4 is 9.62 Å². The van der Waals surface area contributed by atoms with E-state index in [0.29, 0.717) is 10.7 Å². The zero-order valence-electron chi connectivity index (χ0n) is 24.4. The summed E-state index contributed by atoms with van der Waals surface area (Å²) in [7, 11) is -4.12. The van der Waals surface area contributed by atoms with Crippen LogP contribution in [-0.2, 0) is 32.6 Å². The van der Waals surface area contributed by atoms with Crippen LogP contribution in [0.25, 0.3) is 0 Å². The van der Waals surface area contributed by atoms with Crippen LogP contribution in [0.5, 0.6) is 0 Å². The van der Waals surface area contributed by atoms with Gasteiger partial charge in [0.15, 0.2) is 0 Å². The summed E-state index contributed by atoms with van der Waals surface area (Å²) in [5, 5.41) is 3.68. The number of carbonyl (C=O) groups is 2. The lowest BCUT2D eigenvalue weighted by Crippen LogP contribution is -2.54. The molecule has 1 saturated carbocycles. The minimum absolute atomic E-state index is 0.0446. The van der Waals surface area contributed by atoms with Gasteiger partial charge in [0.1, 0.15) is 12.6 Å². The number of hydrogen-bond donors (Lipinski definition) is 1. The van der Waals surface area contributed by atoms with E-state index in [1.54, 1.807) is 66.7 Å². The van der Waals surface area contributed by atoms with Gasteiger partial charge in [0.2, 0.25) is 11.8 Å². The number of carbonyl (C=O) groups excluding carboxylic acids is 2. The molecule has 0 saturated heterocycles. The Kier molecular flexibility index (Phi) is 10.4. The minimum Gasteiger partial charge on any atom is -0.352 e. The molecule has 1 aliphatic carbocycles. The van der Waals surface area contributed by atoms with Gasteiger partial charge in [0.25, 0.3) is 10.0 Å². The van der Waals surface area contributed by atoms with E-state index in [1.807, 2.05) is 36.4 Å². The highest BCUT2D eigenvalue weighted by molar-refractivity contribution is 7.92. The lowest BCUT2D eigenvalue weighted by molar-refractivity contribution is -0.140. The Hall–Kier alpha value is -4.14. The molecule has 9 heteroatoms. The van der Waals surface area contributed by atoms with E-state index in [9.17, 15) is 18.0 Å². The number of nitrogens with one attached hydrogen (secondary N) is 1. The van der Waals surface area contributed by atoms with Crippen molar-refractivity contribution in [3.63, 3.8) is 0 Å². The van der Waals surface area contributed by atoms with Crippen molar-refractivity contribution < 1.29 is 18.0 Å². The second-order valence-corrected chi connectivity index (χ2v) is 13.3. The predicted molar refractivity (Wildman–Crippen MR) is 174 cm³/mol. The minimum atomic E-state index is -4.12. The van der Waals surface area contributed by atoms with Gasteiger partial charge in [-0.1, -0.05) is 103 Å². The van der Waals surface area contributed by atoms with E-state index >= 15 is 0 Å². The number of nitrogens with zero attached hydrogens (tertiary/aromatic N) is 2. The number of rotatable bonds is 12. The summed E-state index contributed by atoms with van der Waals surface area (Å²) in [6, 6.07) is 32.4. The number of sulfonamides is 1. The number of halogens is 1. The first-order valence-corrected chi connectivity index (χ1v) is 16.6. The standard InChI is InChI=1S/C35H36ClN3O4S/c36-29-16-12-15-28(23-29)25-38(33(24-27-13-4-1-5-14-27)35(41)37-30-17-10-11-18-30)34(40)26-39(31-19-6-2-7-20-31)44(42,43)32-21-8-3-9-22-32/h1-9,12-16,19-23,30,33H,10-11,17-18,24-26H2,(H,37,41)/t33-/m0/s1. The zero-order valence-corrected chi connectivity index (χ0v) is 26.0. The van der Waals surface area contributed by atoms with Crippen molar-refractivity contribution in [3.05, 3.63) is 131 Å². The normalized spacial score (nSPS) is 14.1. The lowest BCUT2D eigenvalue weighted by Gasteiger charge is -2.34. The molecule has 0 bridgehead atoms. The Bertz CT molecular complexity index is 1650. The molecular formula is C35H36ClN3O4S. The van der Waals surface area contributed by atoms with Crippen molar-refractivity contribution in [1.82, 2.24) is 10.2 Å². The first-order chi connectivity index (χ1) is 21.3. The van der Waals surface area contributed by atoms with Gasteiger partial charge in [0.05, 0.1) is 10.6 Å². The van der Waals surface area contributed by atoms with Gasteiger partial charge < -0.3 is 10.2 Å². The quantitative estimate of drug-likeness (QED) is 0.201. The Balaban J connectivity index is 1.55. The highest BCUT2D eigenvalue weighted by Gasteiger charge is 2.35. The third kappa shape index (κ3) is 7.87. The smallest absolute Gasteiger partial charge is 0.264 e. The number of anilines is 1. The SMILES string of the molecule is O=C(NC1CCCC1)[C@H](Cc1ccccc1)N(Cc1cccc(Cl)c1)C(=O)CN(c1ccccc1)S(=O)(=O)c1ccccc1. The first-order valence-electron chi connectivity index (χ1n) is 14.8. The maximum absolute atomic E-state index is 14.5. The van der Waals surface area contributed by atoms with Crippen LogP contribution in [0.1, 0.15) is 36.8 Å². The van der Waals surface area contributed by atoms with Gasteiger partial charge in [-0.3, -0.25) is 13.9 Å². The molecule has 2 amide bonds. The third-order valence-electron chi connectivity index (χ3n) is 7.87. The van der Waals surface area contributed by atoms with E-state index in [1.165, 1.54) is 17.0 Å². The summed E-state index contributed by atoms with van der Waals surface area (Å²) in [6.45, 7) is -0.424. The Morgan fingerprint density at radius 1 is 0.795 bits per heavy atom. The molecule has 7 nitrogen and oxygen atoms in total. The summed E-state index contributed by atoms with van der Waals surface area (Å²) in [5.41, 5.74) is 1.97. The number of amides is 2. The van der Waals surface area contributed by atoms with E-state index < -0.39 is 28.5 Å². The van der Waals surface area contributed by atoms with Crippen LogP contribution in [0.3, 0.4) is 0 Å². The molecule has 0 radical (unpaired) electrons. The molecule has 0 unspecified atom stereocenters. The van der Waals surface area contributed by atoms with Gasteiger partial charge in [-0.05, 0) is 60.4 Å². The summed E-state index contributed by atoms with van der Waals surface area (Å²) in [4.78, 5) is 30.1. The van der Waals surface area contributed by atoms with Crippen molar-refractivity contribution in [3.8, 4) is 0 Å². The van der Waals surface area contributed by atoms with Crippen LogP contribution in [0.15, 0.2) is 120 Å². The van der Waals surface area contributed by atoms with Crippen LogP contribution in [-0.4, -0.2) is 43.8 Å². The monoisotopic (exact) mass is 629 g/mol. The van der Waals surface area contributed by atoms with Gasteiger partial charge in [-0.15, -0.1) is 0 Å². The van der Waals surface area contributed by atoms with E-state index in [0.717, 1.165) is 41.1 Å². The zero-order chi connectivity index (χ0) is 30.9. The summed E-state index contributed by atoms with van der Waals surface area (Å²) >= 11 is 6.31. The molecule has 4 aromatic carbocycles. The van der Waals surface area contributed by atoms with Crippen LogP contribution >= 0.6 is 11.6 Å². The molecule has 1 aliphatic rings. The second kappa shape index (κ2) is 14.6. The molecule has 1 atom stereocenters. The number of para-hydroxylation sites is 1. The first kappa shape index (κ1) is 31.3. The number of hydrogen-bond acceptors (Lipinski definition) is 4. The highest BCUT2D eigenvalue weighted by Crippen LogP contribution is 2.26. The fraction of sp³-hybridized carbons (Fsp3) is 0.257. The fourth-order valence-electron chi connectivity index (χ4n) is 5.60. The average Bonchev–Trinajstić information content (AvgIpc) is 3.56. The van der Waals surface area contributed by atoms with Gasteiger partial charge >= 0.3 is 0 Å². The maximum atomic E-state index is 14.5. The van der Waals surface area contributed by atoms with Crippen molar-refractivity contribution in [1.29, 1.82) is 0 Å².